The lowest BCUT2D eigenvalue weighted by atomic mass is 10.2. The van der Waals surface area contributed by atoms with Crippen molar-refractivity contribution in [3.8, 4) is 0 Å². The lowest BCUT2D eigenvalue weighted by molar-refractivity contribution is -0.116. The van der Waals surface area contributed by atoms with Gasteiger partial charge in [0, 0.05) is 11.4 Å². The SMILES string of the molecule is O=C(Cn1c(=O)[nH]c(=O)c2ccccc21)Nc1ccc(NC(=O)c2ccco2)cc1. The van der Waals surface area contributed by atoms with Gasteiger partial charge in [0.2, 0.25) is 5.91 Å². The van der Waals surface area contributed by atoms with Crippen molar-refractivity contribution in [1.82, 2.24) is 9.55 Å². The molecule has 4 aromatic rings. The molecule has 150 valence electrons. The van der Waals surface area contributed by atoms with Crippen molar-refractivity contribution in [2.45, 2.75) is 6.54 Å². The molecule has 0 unspecified atom stereocenters. The number of fused-ring (bicyclic) bond motifs is 1. The van der Waals surface area contributed by atoms with E-state index >= 15 is 0 Å². The van der Waals surface area contributed by atoms with E-state index in [1.807, 2.05) is 0 Å². The Bertz CT molecular complexity index is 1330. The number of aromatic amines is 1. The highest BCUT2D eigenvalue weighted by Gasteiger charge is 2.12. The molecule has 0 saturated carbocycles. The maximum absolute atomic E-state index is 12.4. The lowest BCUT2D eigenvalue weighted by Crippen LogP contribution is -2.34. The van der Waals surface area contributed by atoms with E-state index in [1.165, 1.54) is 10.8 Å². The van der Waals surface area contributed by atoms with Gasteiger partial charge in [-0.1, -0.05) is 12.1 Å². The summed E-state index contributed by atoms with van der Waals surface area (Å²) in [5, 5.41) is 5.68. The summed E-state index contributed by atoms with van der Waals surface area (Å²) in [7, 11) is 0. The second-order valence-electron chi connectivity index (χ2n) is 6.42. The van der Waals surface area contributed by atoms with Gasteiger partial charge in [-0.2, -0.15) is 0 Å². The maximum Gasteiger partial charge on any atom is 0.329 e. The predicted octanol–water partition coefficient (Wildman–Crippen LogP) is 2.17. The molecular formula is C21H16N4O5. The molecule has 0 bridgehead atoms. The highest BCUT2D eigenvalue weighted by Crippen LogP contribution is 2.15. The fraction of sp³-hybridized carbons (Fsp3) is 0.0476. The Kier molecular flexibility index (Phi) is 5.00. The number of carbonyl (C=O) groups excluding carboxylic acids is 2. The smallest absolute Gasteiger partial charge is 0.329 e. The fourth-order valence-corrected chi connectivity index (χ4v) is 2.98. The van der Waals surface area contributed by atoms with E-state index in [-0.39, 0.29) is 18.2 Å². The number of nitrogens with zero attached hydrogens (tertiary/aromatic N) is 1. The Morgan fingerprint density at radius 1 is 0.900 bits per heavy atom. The Morgan fingerprint density at radius 3 is 2.30 bits per heavy atom. The minimum Gasteiger partial charge on any atom is -0.459 e. The van der Waals surface area contributed by atoms with Crippen LogP contribution in [-0.4, -0.2) is 21.4 Å². The molecule has 0 atom stereocenters. The maximum atomic E-state index is 12.4. The molecule has 9 nitrogen and oxygen atoms in total. The van der Waals surface area contributed by atoms with Crippen LogP contribution in [0.5, 0.6) is 0 Å². The first kappa shape index (κ1) is 18.9. The van der Waals surface area contributed by atoms with Gasteiger partial charge < -0.3 is 15.1 Å². The highest BCUT2D eigenvalue weighted by molar-refractivity contribution is 6.02. The van der Waals surface area contributed by atoms with Gasteiger partial charge in [-0.15, -0.1) is 0 Å². The monoisotopic (exact) mass is 404 g/mol. The Labute approximate surface area is 169 Å². The van der Waals surface area contributed by atoms with Crippen LogP contribution >= 0.6 is 0 Å². The zero-order valence-electron chi connectivity index (χ0n) is 15.5. The van der Waals surface area contributed by atoms with Gasteiger partial charge in [-0.3, -0.25) is 23.9 Å². The number of hydrogen-bond acceptors (Lipinski definition) is 5. The number of para-hydroxylation sites is 1. The predicted molar refractivity (Wildman–Crippen MR) is 111 cm³/mol. The van der Waals surface area contributed by atoms with Crippen LogP contribution in [0.3, 0.4) is 0 Å². The second-order valence-corrected chi connectivity index (χ2v) is 6.42. The average molecular weight is 404 g/mol. The van der Waals surface area contributed by atoms with E-state index in [2.05, 4.69) is 15.6 Å². The van der Waals surface area contributed by atoms with Crippen LogP contribution in [0.15, 0.2) is 80.9 Å². The first-order valence-electron chi connectivity index (χ1n) is 8.98. The van der Waals surface area contributed by atoms with E-state index in [0.29, 0.717) is 22.3 Å². The molecule has 0 saturated heterocycles. The van der Waals surface area contributed by atoms with Crippen LogP contribution in [0, 0.1) is 0 Å². The van der Waals surface area contributed by atoms with E-state index < -0.39 is 17.2 Å². The van der Waals surface area contributed by atoms with Crippen LogP contribution < -0.4 is 21.9 Å². The van der Waals surface area contributed by atoms with Crippen LogP contribution in [0.2, 0.25) is 0 Å². The minimum absolute atomic E-state index is 0.186. The van der Waals surface area contributed by atoms with E-state index in [9.17, 15) is 19.2 Å². The Hall–Kier alpha value is -4.40. The van der Waals surface area contributed by atoms with Gasteiger partial charge >= 0.3 is 5.69 Å². The quantitative estimate of drug-likeness (QED) is 0.470. The molecule has 0 fully saturated rings. The molecule has 30 heavy (non-hydrogen) atoms. The van der Waals surface area contributed by atoms with Crippen molar-refractivity contribution in [2.24, 2.45) is 0 Å². The Morgan fingerprint density at radius 2 is 1.60 bits per heavy atom. The van der Waals surface area contributed by atoms with Gasteiger partial charge in [0.25, 0.3) is 11.5 Å². The molecule has 0 aliphatic carbocycles. The van der Waals surface area contributed by atoms with E-state index in [1.54, 1.807) is 60.7 Å². The number of anilines is 2. The summed E-state index contributed by atoms with van der Waals surface area (Å²) in [6.07, 6.45) is 1.41. The number of hydrogen-bond donors (Lipinski definition) is 3. The summed E-state index contributed by atoms with van der Waals surface area (Å²) in [6, 6.07) is 16.2. The highest BCUT2D eigenvalue weighted by atomic mass is 16.3. The van der Waals surface area contributed by atoms with Crippen molar-refractivity contribution in [2.75, 3.05) is 10.6 Å². The van der Waals surface area contributed by atoms with Crippen molar-refractivity contribution in [1.29, 1.82) is 0 Å². The molecule has 0 spiro atoms. The molecule has 9 heteroatoms. The molecule has 2 heterocycles. The lowest BCUT2D eigenvalue weighted by Gasteiger charge is -2.10. The fourth-order valence-electron chi connectivity index (χ4n) is 2.98. The molecule has 0 aliphatic rings. The summed E-state index contributed by atoms with van der Waals surface area (Å²) < 4.78 is 6.23. The largest absolute Gasteiger partial charge is 0.459 e. The van der Waals surface area contributed by atoms with Gasteiger partial charge in [0.05, 0.1) is 17.2 Å². The van der Waals surface area contributed by atoms with Crippen molar-refractivity contribution >= 4 is 34.1 Å². The average Bonchev–Trinajstić information content (AvgIpc) is 3.28. The zero-order valence-corrected chi connectivity index (χ0v) is 15.5. The molecular weight excluding hydrogens is 388 g/mol. The summed E-state index contributed by atoms with van der Waals surface area (Å²) in [5.74, 6) is -0.645. The first-order valence-corrected chi connectivity index (χ1v) is 8.98. The third-order valence-electron chi connectivity index (χ3n) is 4.38. The van der Waals surface area contributed by atoms with Crippen molar-refractivity contribution < 1.29 is 14.0 Å². The molecule has 4 rings (SSSR count). The number of aromatic nitrogens is 2. The second kappa shape index (κ2) is 7.92. The van der Waals surface area contributed by atoms with E-state index in [4.69, 9.17) is 4.42 Å². The standard InChI is InChI=1S/C21H16N4O5/c26-18(12-25-16-5-2-1-4-15(16)19(27)24-21(25)29)22-13-7-9-14(10-8-13)23-20(28)17-6-3-11-30-17/h1-11H,12H2,(H,22,26)(H,23,28)(H,24,27,29). The van der Waals surface area contributed by atoms with Gasteiger partial charge in [0.15, 0.2) is 5.76 Å². The van der Waals surface area contributed by atoms with Crippen molar-refractivity contribution in [3.63, 3.8) is 0 Å². The topological polar surface area (TPSA) is 126 Å². The third kappa shape index (κ3) is 3.90. The van der Waals surface area contributed by atoms with E-state index in [0.717, 1.165) is 0 Å². The molecule has 0 radical (unpaired) electrons. The normalized spacial score (nSPS) is 10.7. The number of H-pyrrole nitrogens is 1. The molecule has 2 aromatic heterocycles. The zero-order chi connectivity index (χ0) is 21.1. The van der Waals surface area contributed by atoms with Gasteiger partial charge in [-0.05, 0) is 48.5 Å². The molecule has 2 amide bonds. The molecule has 3 N–H and O–H groups in total. The first-order chi connectivity index (χ1) is 14.5. The van der Waals surface area contributed by atoms with Gasteiger partial charge in [0.1, 0.15) is 6.54 Å². The summed E-state index contributed by atoms with van der Waals surface area (Å²) >= 11 is 0. The number of amides is 2. The minimum atomic E-state index is -0.662. The van der Waals surface area contributed by atoms with Crippen LogP contribution in [0.1, 0.15) is 10.6 Å². The van der Waals surface area contributed by atoms with Gasteiger partial charge in [-0.25, -0.2) is 4.79 Å². The van der Waals surface area contributed by atoms with Crippen LogP contribution in [0.25, 0.3) is 10.9 Å². The Balaban J connectivity index is 1.46. The van der Waals surface area contributed by atoms with Crippen molar-refractivity contribution in [3.05, 3.63) is 93.5 Å². The summed E-state index contributed by atoms with van der Waals surface area (Å²) in [4.78, 5) is 50.7. The summed E-state index contributed by atoms with van der Waals surface area (Å²) in [6.45, 7) is -0.271. The summed E-state index contributed by atoms with van der Waals surface area (Å²) in [5.41, 5.74) is 0.219. The molecule has 2 aromatic carbocycles. The number of furan rings is 1. The third-order valence-corrected chi connectivity index (χ3v) is 4.38. The van der Waals surface area contributed by atoms with Crippen LogP contribution in [-0.2, 0) is 11.3 Å². The number of rotatable bonds is 5. The number of carbonyl (C=O) groups is 2. The van der Waals surface area contributed by atoms with Crippen LogP contribution in [0.4, 0.5) is 11.4 Å². The molecule has 0 aliphatic heterocycles. The number of benzene rings is 2. The number of nitrogens with one attached hydrogen (secondary N) is 3.